The number of hydrogen-bond acceptors (Lipinski definition) is 3. The number of carbonyl (C=O) groups excluding carboxylic acids is 1. The quantitative estimate of drug-likeness (QED) is 0.452. The molecule has 0 unspecified atom stereocenters. The Bertz CT molecular complexity index is 348. The van der Waals surface area contributed by atoms with Crippen molar-refractivity contribution in [3.63, 3.8) is 0 Å². The van der Waals surface area contributed by atoms with Gasteiger partial charge in [-0.2, -0.15) is 5.10 Å². The number of hydrazone groups is 1. The van der Waals surface area contributed by atoms with Crippen molar-refractivity contribution in [3.8, 4) is 0 Å². The molecule has 0 saturated heterocycles. The van der Waals surface area contributed by atoms with Gasteiger partial charge in [-0.25, -0.2) is 0 Å². The van der Waals surface area contributed by atoms with E-state index < -0.39 is 0 Å². The molecule has 0 amide bonds. The highest BCUT2D eigenvalue weighted by atomic mass is 16.1. The molecule has 0 bridgehead atoms. The maximum Gasteiger partial charge on any atom is 0.159 e. The lowest BCUT2D eigenvalue weighted by Gasteiger charge is -2.01. The van der Waals surface area contributed by atoms with Crippen LogP contribution in [-0.2, 0) is 0 Å². The van der Waals surface area contributed by atoms with E-state index in [1.807, 2.05) is 26.0 Å². The summed E-state index contributed by atoms with van der Waals surface area (Å²) in [6.07, 6.45) is 0. The van der Waals surface area contributed by atoms with Crippen LogP contribution in [0, 0.1) is 0 Å². The van der Waals surface area contributed by atoms with Gasteiger partial charge in [0.25, 0.3) is 0 Å². The van der Waals surface area contributed by atoms with Crippen LogP contribution < -0.4 is 5.43 Å². The van der Waals surface area contributed by atoms with E-state index in [2.05, 4.69) is 10.5 Å². The summed E-state index contributed by atoms with van der Waals surface area (Å²) in [5.74, 6) is 0.0757. The van der Waals surface area contributed by atoms with Crippen molar-refractivity contribution in [2.45, 2.75) is 20.8 Å². The molecule has 0 saturated carbocycles. The molecule has 0 heterocycles. The van der Waals surface area contributed by atoms with E-state index in [-0.39, 0.29) is 5.78 Å². The molecule has 3 nitrogen and oxygen atoms in total. The molecular weight excluding hydrogens is 176 g/mol. The first-order valence-corrected chi connectivity index (χ1v) is 4.47. The number of rotatable bonds is 3. The van der Waals surface area contributed by atoms with Gasteiger partial charge < -0.3 is 0 Å². The predicted molar refractivity (Wildman–Crippen MR) is 58.9 cm³/mol. The highest BCUT2D eigenvalue weighted by Gasteiger charge is 1.97. The van der Waals surface area contributed by atoms with Gasteiger partial charge in [-0.05, 0) is 45.0 Å². The Hall–Kier alpha value is -1.64. The van der Waals surface area contributed by atoms with Gasteiger partial charge in [0, 0.05) is 11.3 Å². The molecule has 1 rings (SSSR count). The van der Waals surface area contributed by atoms with E-state index in [0.29, 0.717) is 5.56 Å². The first kappa shape index (κ1) is 10.4. The molecule has 0 aliphatic carbocycles. The summed E-state index contributed by atoms with van der Waals surface area (Å²) in [5.41, 5.74) is 5.45. The van der Waals surface area contributed by atoms with Crippen LogP contribution in [0.3, 0.4) is 0 Å². The maximum absolute atomic E-state index is 11.0. The third kappa shape index (κ3) is 3.01. The Morgan fingerprint density at radius 1 is 1.14 bits per heavy atom. The van der Waals surface area contributed by atoms with Crippen LogP contribution in [0.1, 0.15) is 31.1 Å². The van der Waals surface area contributed by atoms with Gasteiger partial charge in [0.05, 0.1) is 5.69 Å². The highest BCUT2D eigenvalue weighted by Crippen LogP contribution is 2.09. The largest absolute Gasteiger partial charge is 0.295 e. The van der Waals surface area contributed by atoms with Crippen molar-refractivity contribution < 1.29 is 4.79 Å². The molecule has 14 heavy (non-hydrogen) atoms. The Labute approximate surface area is 83.8 Å². The summed E-state index contributed by atoms with van der Waals surface area (Å²) in [5, 5.41) is 4.05. The number of anilines is 1. The third-order valence-corrected chi connectivity index (χ3v) is 1.70. The second-order valence-electron chi connectivity index (χ2n) is 3.30. The minimum absolute atomic E-state index is 0.0757. The van der Waals surface area contributed by atoms with Gasteiger partial charge >= 0.3 is 0 Å². The number of carbonyl (C=O) groups is 1. The molecule has 1 aromatic carbocycles. The van der Waals surface area contributed by atoms with Crippen molar-refractivity contribution in [2.75, 3.05) is 5.43 Å². The molecule has 74 valence electrons. The summed E-state index contributed by atoms with van der Waals surface area (Å²) < 4.78 is 0. The van der Waals surface area contributed by atoms with Gasteiger partial charge in [-0.15, -0.1) is 0 Å². The Morgan fingerprint density at radius 2 is 1.71 bits per heavy atom. The van der Waals surface area contributed by atoms with Crippen LogP contribution in [0.4, 0.5) is 5.69 Å². The average Bonchev–Trinajstić information content (AvgIpc) is 2.15. The topological polar surface area (TPSA) is 41.5 Å². The summed E-state index contributed by atoms with van der Waals surface area (Å²) in [6, 6.07) is 7.24. The number of benzene rings is 1. The van der Waals surface area contributed by atoms with E-state index >= 15 is 0 Å². The zero-order valence-electron chi connectivity index (χ0n) is 8.66. The number of ketones is 1. The molecule has 0 spiro atoms. The lowest BCUT2D eigenvalue weighted by molar-refractivity contribution is 0.101. The maximum atomic E-state index is 11.0. The van der Waals surface area contributed by atoms with Crippen molar-refractivity contribution in [1.82, 2.24) is 0 Å². The fraction of sp³-hybridized carbons (Fsp3) is 0.273. The smallest absolute Gasteiger partial charge is 0.159 e. The molecule has 1 aromatic rings. The van der Waals surface area contributed by atoms with Crippen molar-refractivity contribution in [1.29, 1.82) is 0 Å². The average molecular weight is 190 g/mol. The fourth-order valence-corrected chi connectivity index (χ4v) is 0.956. The van der Waals surface area contributed by atoms with Crippen molar-refractivity contribution >= 4 is 17.2 Å². The first-order chi connectivity index (χ1) is 6.59. The first-order valence-electron chi connectivity index (χ1n) is 4.47. The van der Waals surface area contributed by atoms with Gasteiger partial charge in [0.2, 0.25) is 0 Å². The normalized spacial score (nSPS) is 9.36. The highest BCUT2D eigenvalue weighted by molar-refractivity contribution is 5.94. The summed E-state index contributed by atoms with van der Waals surface area (Å²) >= 11 is 0. The molecule has 0 fully saturated rings. The van der Waals surface area contributed by atoms with E-state index in [9.17, 15) is 4.79 Å². The van der Waals surface area contributed by atoms with E-state index in [4.69, 9.17) is 0 Å². The molecule has 3 heteroatoms. The SMILES string of the molecule is CC(=O)c1ccc(NN=C(C)C)cc1. The van der Waals surface area contributed by atoms with Gasteiger partial charge in [-0.3, -0.25) is 10.2 Å². The van der Waals surface area contributed by atoms with Crippen LogP contribution in [0.15, 0.2) is 29.4 Å². The lowest BCUT2D eigenvalue weighted by Crippen LogP contribution is -1.95. The zero-order valence-corrected chi connectivity index (χ0v) is 8.66. The van der Waals surface area contributed by atoms with Crippen molar-refractivity contribution in [2.24, 2.45) is 5.10 Å². The van der Waals surface area contributed by atoms with E-state index in [1.54, 1.807) is 19.1 Å². The van der Waals surface area contributed by atoms with Gasteiger partial charge in [0.1, 0.15) is 0 Å². The fourth-order valence-electron chi connectivity index (χ4n) is 0.956. The lowest BCUT2D eigenvalue weighted by atomic mass is 10.1. The Balaban J connectivity index is 2.74. The minimum atomic E-state index is 0.0757. The molecule has 1 N–H and O–H groups in total. The third-order valence-electron chi connectivity index (χ3n) is 1.70. The van der Waals surface area contributed by atoms with Crippen LogP contribution in [0.5, 0.6) is 0 Å². The van der Waals surface area contributed by atoms with Gasteiger partial charge in [0.15, 0.2) is 5.78 Å². The monoisotopic (exact) mass is 190 g/mol. The second-order valence-corrected chi connectivity index (χ2v) is 3.30. The standard InChI is InChI=1S/C11H14N2O/c1-8(2)12-13-11-6-4-10(5-7-11)9(3)14/h4-7,13H,1-3H3. The predicted octanol–water partition coefficient (Wildman–Crippen LogP) is 2.70. The van der Waals surface area contributed by atoms with Gasteiger partial charge in [-0.1, -0.05) is 0 Å². The number of hydrogen-bond donors (Lipinski definition) is 1. The summed E-state index contributed by atoms with van der Waals surface area (Å²) in [7, 11) is 0. The molecular formula is C11H14N2O. The van der Waals surface area contributed by atoms with Crippen LogP contribution in [-0.4, -0.2) is 11.5 Å². The van der Waals surface area contributed by atoms with Crippen LogP contribution in [0.2, 0.25) is 0 Å². The molecule has 0 aliphatic rings. The van der Waals surface area contributed by atoms with E-state index in [0.717, 1.165) is 11.4 Å². The van der Waals surface area contributed by atoms with E-state index in [1.165, 1.54) is 0 Å². The summed E-state index contributed by atoms with van der Waals surface area (Å²) in [6.45, 7) is 5.38. The van der Waals surface area contributed by atoms with Crippen molar-refractivity contribution in [3.05, 3.63) is 29.8 Å². The number of nitrogens with one attached hydrogen (secondary N) is 1. The Kier molecular flexibility index (Phi) is 3.40. The van der Waals surface area contributed by atoms with Crippen LogP contribution >= 0.6 is 0 Å². The second kappa shape index (κ2) is 4.56. The zero-order chi connectivity index (χ0) is 10.6. The molecule has 0 aromatic heterocycles. The molecule has 0 aliphatic heterocycles. The summed E-state index contributed by atoms with van der Waals surface area (Å²) in [4.78, 5) is 11.0. The molecule has 0 atom stereocenters. The minimum Gasteiger partial charge on any atom is -0.295 e. The number of Topliss-reactive ketones (excluding diaryl/α,β-unsaturated/α-hetero) is 1. The molecule has 0 radical (unpaired) electrons. The Morgan fingerprint density at radius 3 is 2.14 bits per heavy atom. The van der Waals surface area contributed by atoms with Crippen LogP contribution in [0.25, 0.3) is 0 Å². The number of nitrogens with zero attached hydrogens (tertiary/aromatic N) is 1.